The third-order valence-corrected chi connectivity index (χ3v) is 3.75. The molecule has 9 heteroatoms. The van der Waals surface area contributed by atoms with E-state index < -0.39 is 10.3 Å². The van der Waals surface area contributed by atoms with Crippen molar-refractivity contribution in [1.29, 1.82) is 0 Å². The van der Waals surface area contributed by atoms with Crippen molar-refractivity contribution in [3.63, 3.8) is 0 Å². The van der Waals surface area contributed by atoms with Crippen LogP contribution in [0.2, 0.25) is 0 Å². The lowest BCUT2D eigenvalue weighted by atomic mass is 9.93. The Kier molecular flexibility index (Phi) is 5.13. The van der Waals surface area contributed by atoms with Crippen LogP contribution in [0, 0.1) is 10.1 Å². The van der Waals surface area contributed by atoms with Gasteiger partial charge in [0.2, 0.25) is 5.16 Å². The molecule has 8 nitrogen and oxygen atoms in total. The molecule has 126 valence electrons. The van der Waals surface area contributed by atoms with E-state index in [1.807, 2.05) is 20.8 Å². The maximum absolute atomic E-state index is 12.6. The highest BCUT2D eigenvalue weighted by atomic mass is 32.2. The Balaban J connectivity index is 2.44. The van der Waals surface area contributed by atoms with Crippen LogP contribution in [0.25, 0.3) is 0 Å². The monoisotopic (exact) mass is 347 g/mol. The highest BCUT2D eigenvalue weighted by Crippen LogP contribution is 2.17. The first-order chi connectivity index (χ1) is 11.2. The van der Waals surface area contributed by atoms with Gasteiger partial charge in [-0.05, 0) is 24.0 Å². The first-order valence-corrected chi connectivity index (χ1v) is 8.29. The molecule has 1 aromatic heterocycles. The molecular formula is C15H17N5O3S. The summed E-state index contributed by atoms with van der Waals surface area (Å²) in [4.78, 5) is 22.8. The van der Waals surface area contributed by atoms with Gasteiger partial charge in [0.05, 0.1) is 11.1 Å². The average molecular weight is 347 g/mol. The van der Waals surface area contributed by atoms with Gasteiger partial charge in [0.25, 0.3) is 11.2 Å². The average Bonchev–Trinajstić information content (AvgIpc) is 2.52. The van der Waals surface area contributed by atoms with Crippen LogP contribution < -0.4 is 5.56 Å². The molecule has 0 aliphatic carbocycles. The molecule has 0 atom stereocenters. The minimum absolute atomic E-state index is 0.00489. The summed E-state index contributed by atoms with van der Waals surface area (Å²) in [7, 11) is 0. The standard InChI is InChI=1S/C15H17N5O3S/c1-15(2,3)12-13(21)19(14(24-4)18-17-12)16-9-10-5-7-11(8-6-10)20(22)23/h5-9H,1-4H3. The van der Waals surface area contributed by atoms with Gasteiger partial charge in [-0.1, -0.05) is 32.5 Å². The summed E-state index contributed by atoms with van der Waals surface area (Å²) in [5.74, 6) is 0. The zero-order valence-electron chi connectivity index (χ0n) is 13.8. The topological polar surface area (TPSA) is 103 Å². The number of hydrogen-bond acceptors (Lipinski definition) is 7. The Hall–Kier alpha value is -2.55. The number of non-ortho nitro benzene ring substituents is 1. The van der Waals surface area contributed by atoms with Crippen LogP contribution in [0.4, 0.5) is 5.69 Å². The van der Waals surface area contributed by atoms with E-state index in [-0.39, 0.29) is 11.2 Å². The van der Waals surface area contributed by atoms with Crippen molar-refractivity contribution >= 4 is 23.7 Å². The lowest BCUT2D eigenvalue weighted by Gasteiger charge is -2.16. The van der Waals surface area contributed by atoms with Gasteiger partial charge in [-0.3, -0.25) is 14.9 Å². The molecule has 2 aromatic rings. The van der Waals surface area contributed by atoms with E-state index in [2.05, 4.69) is 15.3 Å². The zero-order valence-corrected chi connectivity index (χ0v) is 14.6. The molecule has 2 rings (SSSR count). The summed E-state index contributed by atoms with van der Waals surface area (Å²) in [6.07, 6.45) is 3.23. The fourth-order valence-electron chi connectivity index (χ4n) is 1.87. The number of nitro groups is 1. The van der Waals surface area contributed by atoms with Crippen LogP contribution in [0.5, 0.6) is 0 Å². The van der Waals surface area contributed by atoms with E-state index in [0.29, 0.717) is 16.4 Å². The quantitative estimate of drug-likeness (QED) is 0.364. The molecule has 1 aromatic carbocycles. The van der Waals surface area contributed by atoms with E-state index in [1.165, 1.54) is 34.8 Å². The fraction of sp³-hybridized carbons (Fsp3) is 0.333. The highest BCUT2D eigenvalue weighted by Gasteiger charge is 2.23. The molecule has 1 heterocycles. The molecule has 0 amide bonds. The highest BCUT2D eigenvalue weighted by molar-refractivity contribution is 7.98. The summed E-state index contributed by atoms with van der Waals surface area (Å²) in [5.41, 5.74) is 0.163. The molecule has 0 aliphatic rings. The summed E-state index contributed by atoms with van der Waals surface area (Å²) in [5, 5.41) is 23.3. The lowest BCUT2D eigenvalue weighted by molar-refractivity contribution is -0.384. The lowest BCUT2D eigenvalue weighted by Crippen LogP contribution is -2.32. The Morgan fingerprint density at radius 1 is 1.25 bits per heavy atom. The van der Waals surface area contributed by atoms with Crippen LogP contribution >= 0.6 is 11.8 Å². The second-order valence-corrected chi connectivity index (χ2v) is 6.77. The van der Waals surface area contributed by atoms with E-state index in [1.54, 1.807) is 18.4 Å². The molecular weight excluding hydrogens is 330 g/mol. The van der Waals surface area contributed by atoms with Crippen molar-refractivity contribution in [2.45, 2.75) is 31.3 Å². The summed E-state index contributed by atoms with van der Waals surface area (Å²) in [6.45, 7) is 5.63. The van der Waals surface area contributed by atoms with E-state index in [0.717, 1.165) is 0 Å². The Morgan fingerprint density at radius 3 is 2.38 bits per heavy atom. The van der Waals surface area contributed by atoms with Crippen LogP contribution in [0.3, 0.4) is 0 Å². The van der Waals surface area contributed by atoms with Crippen LogP contribution in [-0.2, 0) is 5.41 Å². The predicted octanol–water partition coefficient (Wildman–Crippen LogP) is 2.45. The van der Waals surface area contributed by atoms with Gasteiger partial charge in [-0.25, -0.2) is 0 Å². The number of hydrogen-bond donors (Lipinski definition) is 0. The van der Waals surface area contributed by atoms with Gasteiger partial charge in [0.15, 0.2) is 0 Å². The molecule has 0 aliphatic heterocycles. The molecule has 0 saturated carbocycles. The maximum atomic E-state index is 12.6. The van der Waals surface area contributed by atoms with Crippen LogP contribution in [0.15, 0.2) is 39.3 Å². The Bertz CT molecular complexity index is 838. The number of nitrogens with zero attached hydrogens (tertiary/aromatic N) is 5. The van der Waals surface area contributed by atoms with Gasteiger partial charge in [0.1, 0.15) is 5.69 Å². The Morgan fingerprint density at radius 2 is 1.88 bits per heavy atom. The first-order valence-electron chi connectivity index (χ1n) is 7.07. The smallest absolute Gasteiger partial charge is 0.265 e. The molecule has 0 radical (unpaired) electrons. The Labute approximate surface area is 142 Å². The number of benzene rings is 1. The number of rotatable bonds is 4. The zero-order chi connectivity index (χ0) is 17.9. The van der Waals surface area contributed by atoms with E-state index >= 15 is 0 Å². The van der Waals surface area contributed by atoms with E-state index in [9.17, 15) is 14.9 Å². The van der Waals surface area contributed by atoms with Crippen molar-refractivity contribution in [2.24, 2.45) is 5.10 Å². The second-order valence-electron chi connectivity index (χ2n) is 6.00. The molecule has 0 fully saturated rings. The minimum atomic E-state index is -0.473. The summed E-state index contributed by atoms with van der Waals surface area (Å²) < 4.78 is 1.19. The normalized spacial score (nSPS) is 11.8. The van der Waals surface area contributed by atoms with Crippen molar-refractivity contribution in [3.05, 3.63) is 56.0 Å². The van der Waals surface area contributed by atoms with Crippen LogP contribution in [-0.4, -0.2) is 32.3 Å². The van der Waals surface area contributed by atoms with Crippen molar-refractivity contribution in [3.8, 4) is 0 Å². The summed E-state index contributed by atoms with van der Waals surface area (Å²) in [6, 6.07) is 5.88. The third kappa shape index (κ3) is 3.85. The van der Waals surface area contributed by atoms with Crippen molar-refractivity contribution in [2.75, 3.05) is 6.26 Å². The number of thioether (sulfide) groups is 1. The van der Waals surface area contributed by atoms with Gasteiger partial charge in [-0.2, -0.15) is 9.78 Å². The van der Waals surface area contributed by atoms with Gasteiger partial charge >= 0.3 is 0 Å². The first kappa shape index (κ1) is 17.8. The number of aromatic nitrogens is 3. The van der Waals surface area contributed by atoms with Gasteiger partial charge < -0.3 is 0 Å². The molecule has 0 spiro atoms. The largest absolute Gasteiger partial charge is 0.297 e. The fourth-order valence-corrected chi connectivity index (χ4v) is 2.30. The maximum Gasteiger partial charge on any atom is 0.297 e. The van der Waals surface area contributed by atoms with Gasteiger partial charge in [-0.15, -0.1) is 10.2 Å². The minimum Gasteiger partial charge on any atom is -0.265 e. The SMILES string of the molecule is CSc1nnc(C(C)(C)C)c(=O)n1N=Cc1ccc([N+](=O)[O-])cc1. The summed E-state index contributed by atoms with van der Waals surface area (Å²) >= 11 is 1.26. The van der Waals surface area contributed by atoms with Crippen molar-refractivity contribution in [1.82, 2.24) is 14.9 Å². The second kappa shape index (κ2) is 6.91. The third-order valence-electron chi connectivity index (χ3n) is 3.13. The molecule has 0 unspecified atom stereocenters. The van der Waals surface area contributed by atoms with E-state index in [4.69, 9.17) is 0 Å². The molecule has 0 N–H and O–H groups in total. The predicted molar refractivity (Wildman–Crippen MR) is 92.9 cm³/mol. The molecule has 0 bridgehead atoms. The van der Waals surface area contributed by atoms with Crippen LogP contribution in [0.1, 0.15) is 32.0 Å². The van der Waals surface area contributed by atoms with Gasteiger partial charge in [0, 0.05) is 17.5 Å². The molecule has 24 heavy (non-hydrogen) atoms. The molecule has 0 saturated heterocycles. The van der Waals surface area contributed by atoms with Crippen molar-refractivity contribution < 1.29 is 4.92 Å². The number of nitro benzene ring substituents is 1.